The molecular formula is C16H26N2O5S3. The highest BCUT2D eigenvalue weighted by Gasteiger charge is 2.27. The van der Waals surface area contributed by atoms with Crippen molar-refractivity contribution in [3.8, 4) is 0 Å². The normalized spacial score (nSPS) is 18.5. The summed E-state index contributed by atoms with van der Waals surface area (Å²) >= 11 is 3.79. The molecule has 1 amide bonds. The fourth-order valence-corrected chi connectivity index (χ4v) is 4.44. The lowest BCUT2D eigenvalue weighted by molar-refractivity contribution is -0.384. The van der Waals surface area contributed by atoms with E-state index in [0.29, 0.717) is 6.61 Å². The summed E-state index contributed by atoms with van der Waals surface area (Å²) in [7, 11) is 4.02. The van der Waals surface area contributed by atoms with E-state index in [1.807, 2.05) is 6.92 Å². The van der Waals surface area contributed by atoms with Gasteiger partial charge in [-0.3, -0.25) is 14.9 Å². The van der Waals surface area contributed by atoms with Crippen LogP contribution in [0.2, 0.25) is 0 Å². The number of benzene rings is 1. The van der Waals surface area contributed by atoms with Crippen LogP contribution in [0.15, 0.2) is 29.2 Å². The molecule has 26 heavy (non-hydrogen) atoms. The molecule has 2 unspecified atom stereocenters. The molecule has 0 radical (unpaired) electrons. The van der Waals surface area contributed by atoms with Gasteiger partial charge in [0.15, 0.2) is 0 Å². The summed E-state index contributed by atoms with van der Waals surface area (Å²) in [6.45, 7) is 4.18. The maximum absolute atomic E-state index is 11.2. The van der Waals surface area contributed by atoms with E-state index in [9.17, 15) is 14.9 Å². The van der Waals surface area contributed by atoms with Crippen LogP contribution in [0.25, 0.3) is 0 Å². The monoisotopic (exact) mass is 422 g/mol. The number of carbonyl (C=O) groups excluding carboxylic acids is 1. The maximum Gasteiger partial charge on any atom is 0.269 e. The lowest BCUT2D eigenvalue weighted by Crippen LogP contribution is -2.44. The summed E-state index contributed by atoms with van der Waals surface area (Å²) in [5.41, 5.74) is -0.0303. The van der Waals surface area contributed by atoms with Crippen molar-refractivity contribution < 1.29 is 19.6 Å². The number of thiol groups is 1. The zero-order valence-electron chi connectivity index (χ0n) is 15.1. The molecule has 2 rings (SSSR count). The number of nitro benzene ring substituents is 1. The Morgan fingerprint density at radius 2 is 2.00 bits per heavy atom. The van der Waals surface area contributed by atoms with Crippen LogP contribution in [0.5, 0.6) is 0 Å². The van der Waals surface area contributed by atoms with Crippen molar-refractivity contribution in [2.75, 3.05) is 19.5 Å². The third-order valence-corrected chi connectivity index (χ3v) is 5.60. The van der Waals surface area contributed by atoms with Crippen LogP contribution in [-0.4, -0.2) is 46.9 Å². The van der Waals surface area contributed by atoms with Crippen molar-refractivity contribution in [1.82, 2.24) is 5.32 Å². The Balaban J connectivity index is 0.00000113. The summed E-state index contributed by atoms with van der Waals surface area (Å²) in [4.78, 5) is 22.3. The molecule has 1 aliphatic rings. The van der Waals surface area contributed by atoms with Gasteiger partial charge in [0.25, 0.3) is 5.69 Å². The summed E-state index contributed by atoms with van der Waals surface area (Å²) in [6.07, 6.45) is 1.84. The third-order valence-electron chi connectivity index (χ3n) is 2.95. The number of nitrogens with one attached hydrogen (secondary N) is 1. The molecule has 1 aromatic carbocycles. The molecule has 1 fully saturated rings. The van der Waals surface area contributed by atoms with E-state index in [4.69, 9.17) is 9.84 Å². The first-order chi connectivity index (χ1) is 12.5. The molecule has 148 valence electrons. The van der Waals surface area contributed by atoms with Gasteiger partial charge in [-0.25, -0.2) is 0 Å². The lowest BCUT2D eigenvalue weighted by atomic mass is 10.1. The van der Waals surface area contributed by atoms with Gasteiger partial charge in [0.05, 0.1) is 11.0 Å². The number of hydrogen-bond donors (Lipinski definition) is 3. The Hall–Kier alpha value is -0.940. The van der Waals surface area contributed by atoms with Gasteiger partial charge < -0.3 is 15.2 Å². The first-order valence-corrected chi connectivity index (χ1v) is 10.8. The van der Waals surface area contributed by atoms with Crippen LogP contribution in [0.3, 0.4) is 0 Å². The number of non-ortho nitro benzene ring substituents is 1. The first kappa shape index (κ1) is 25.1. The van der Waals surface area contributed by atoms with Gasteiger partial charge in [-0.2, -0.15) is 12.6 Å². The molecule has 0 saturated carbocycles. The van der Waals surface area contributed by atoms with Crippen LogP contribution >= 0.6 is 34.2 Å². The second-order valence-electron chi connectivity index (χ2n) is 4.94. The van der Waals surface area contributed by atoms with E-state index in [1.54, 1.807) is 12.1 Å². The second kappa shape index (κ2) is 15.2. The average molecular weight is 423 g/mol. The Labute approximate surface area is 167 Å². The van der Waals surface area contributed by atoms with E-state index in [-0.39, 0.29) is 23.1 Å². The van der Waals surface area contributed by atoms with Crippen LogP contribution < -0.4 is 5.32 Å². The number of hydrogen-bond acceptors (Lipinski definition) is 8. The van der Waals surface area contributed by atoms with Crippen molar-refractivity contribution in [3.05, 3.63) is 34.4 Å². The topological polar surface area (TPSA) is 102 Å². The van der Waals surface area contributed by atoms with Gasteiger partial charge in [0.2, 0.25) is 5.91 Å². The number of aliphatic hydroxyl groups is 1. The Morgan fingerprint density at radius 3 is 2.50 bits per heavy atom. The fraction of sp³-hybridized carbons (Fsp3) is 0.562. The quantitative estimate of drug-likeness (QED) is 0.289. The van der Waals surface area contributed by atoms with Gasteiger partial charge in [-0.05, 0) is 30.7 Å². The van der Waals surface area contributed by atoms with E-state index >= 15 is 0 Å². The van der Waals surface area contributed by atoms with Crippen molar-refractivity contribution in [2.45, 2.75) is 43.1 Å². The number of nitro groups is 1. The molecule has 0 bridgehead atoms. The molecule has 10 heteroatoms. The van der Waals surface area contributed by atoms with Crippen LogP contribution in [0, 0.1) is 10.1 Å². The number of aliphatic hydroxyl groups excluding tert-OH is 1. The van der Waals surface area contributed by atoms with Crippen LogP contribution in [-0.2, 0) is 9.53 Å². The smallest absolute Gasteiger partial charge is 0.269 e. The number of rotatable bonds is 5. The van der Waals surface area contributed by atoms with Crippen molar-refractivity contribution in [1.29, 1.82) is 0 Å². The fourth-order valence-electron chi connectivity index (χ4n) is 1.98. The molecule has 2 N–H and O–H groups in total. The highest BCUT2D eigenvalue weighted by atomic mass is 33.1. The Morgan fingerprint density at radius 1 is 1.42 bits per heavy atom. The van der Waals surface area contributed by atoms with E-state index in [0.717, 1.165) is 30.6 Å². The summed E-state index contributed by atoms with van der Waals surface area (Å²) in [5.74, 6) is 0.886. The molecule has 1 heterocycles. The average Bonchev–Trinajstić information content (AvgIpc) is 2.63. The van der Waals surface area contributed by atoms with Gasteiger partial charge in [-0.15, -0.1) is 0 Å². The number of carbonyl (C=O) groups is 1. The SMILES string of the molecule is CC(=O)NC1CCCOC1SSc1ccc([N+](=O)[O-])cc1.CCS.CO. The third kappa shape index (κ3) is 10.3. The zero-order valence-corrected chi connectivity index (χ0v) is 17.6. The molecule has 1 aliphatic heterocycles. The first-order valence-electron chi connectivity index (χ1n) is 8.00. The number of nitrogens with zero attached hydrogens (tertiary/aromatic N) is 1. The molecule has 0 aromatic heterocycles. The van der Waals surface area contributed by atoms with Crippen molar-refractivity contribution >= 4 is 45.8 Å². The molecule has 0 spiro atoms. The molecule has 2 atom stereocenters. The molecule has 1 saturated heterocycles. The summed E-state index contributed by atoms with van der Waals surface area (Å²) < 4.78 is 5.69. The molecular weight excluding hydrogens is 396 g/mol. The number of ether oxygens (including phenoxy) is 1. The van der Waals surface area contributed by atoms with E-state index < -0.39 is 4.92 Å². The zero-order chi connectivity index (χ0) is 19.9. The molecule has 1 aromatic rings. The Kier molecular flexibility index (Phi) is 14.6. The van der Waals surface area contributed by atoms with E-state index in [1.165, 1.54) is 40.6 Å². The summed E-state index contributed by atoms with van der Waals surface area (Å²) in [5, 5.41) is 20.5. The summed E-state index contributed by atoms with van der Waals surface area (Å²) in [6, 6.07) is 6.40. The second-order valence-corrected chi connectivity index (χ2v) is 7.94. The predicted octanol–water partition coefficient (Wildman–Crippen LogP) is 3.52. The minimum Gasteiger partial charge on any atom is -0.400 e. The number of amides is 1. The highest BCUT2D eigenvalue weighted by molar-refractivity contribution is 8.76. The molecule has 7 nitrogen and oxygen atoms in total. The highest BCUT2D eigenvalue weighted by Crippen LogP contribution is 2.38. The predicted molar refractivity (Wildman–Crippen MR) is 111 cm³/mol. The minimum atomic E-state index is -0.418. The van der Waals surface area contributed by atoms with Crippen molar-refractivity contribution in [3.63, 3.8) is 0 Å². The van der Waals surface area contributed by atoms with Crippen LogP contribution in [0.4, 0.5) is 5.69 Å². The van der Waals surface area contributed by atoms with E-state index in [2.05, 4.69) is 17.9 Å². The largest absolute Gasteiger partial charge is 0.400 e. The van der Waals surface area contributed by atoms with Gasteiger partial charge in [0.1, 0.15) is 5.44 Å². The van der Waals surface area contributed by atoms with Gasteiger partial charge in [-0.1, -0.05) is 28.5 Å². The van der Waals surface area contributed by atoms with Gasteiger partial charge in [0, 0.05) is 37.7 Å². The Bertz CT molecular complexity index is 531. The van der Waals surface area contributed by atoms with Crippen LogP contribution in [0.1, 0.15) is 26.7 Å². The minimum absolute atomic E-state index is 0.00629. The maximum atomic E-state index is 11.2. The van der Waals surface area contributed by atoms with Crippen molar-refractivity contribution in [2.24, 2.45) is 0 Å². The molecule has 0 aliphatic carbocycles. The van der Waals surface area contributed by atoms with Gasteiger partial charge >= 0.3 is 0 Å². The standard InChI is InChI=1S/C13H16N2O4S2.C2H6S.CH4O/c1-9(16)14-12-3-2-8-19-13(12)21-20-11-6-4-10(5-7-11)15(17)18;1-2-3;1-2/h4-7,12-13H,2-3,8H2,1H3,(H,14,16);3H,2H2,1H3;2H,1H3. The lowest BCUT2D eigenvalue weighted by Gasteiger charge is -2.31.